The van der Waals surface area contributed by atoms with Crippen LogP contribution in [0.25, 0.3) is 10.4 Å². The molecule has 2 atom stereocenters. The number of nitrogens with zero attached hydrogens (tertiary/aromatic N) is 2. The molecule has 1 aromatic carbocycles. The fourth-order valence-corrected chi connectivity index (χ4v) is 7.12. The van der Waals surface area contributed by atoms with E-state index >= 15 is 0 Å². The largest absolute Gasteiger partial charge is 0.297 e. The van der Waals surface area contributed by atoms with Crippen LogP contribution >= 0.6 is 11.3 Å². The van der Waals surface area contributed by atoms with Crippen molar-refractivity contribution in [3.8, 4) is 10.4 Å². The van der Waals surface area contributed by atoms with E-state index in [1.54, 1.807) is 17.5 Å². The molecule has 0 saturated carbocycles. The van der Waals surface area contributed by atoms with Crippen LogP contribution in [0.2, 0.25) is 0 Å². The normalized spacial score (nSPS) is 23.7. The molecule has 6 heteroatoms. The van der Waals surface area contributed by atoms with Gasteiger partial charge in [0.05, 0.1) is 10.1 Å². The summed E-state index contributed by atoms with van der Waals surface area (Å²) in [4.78, 5) is 8.12. The number of fused-ring (bicyclic) bond motifs is 3. The Labute approximate surface area is 157 Å². The van der Waals surface area contributed by atoms with Crippen molar-refractivity contribution in [1.82, 2.24) is 9.88 Å². The third-order valence-electron chi connectivity index (χ3n) is 5.39. The van der Waals surface area contributed by atoms with Crippen molar-refractivity contribution < 1.29 is 8.42 Å². The third kappa shape index (κ3) is 2.52. The predicted molar refractivity (Wildman–Crippen MR) is 103 cm³/mol. The maximum atomic E-state index is 13.0. The molecule has 2 aliphatic rings. The second kappa shape index (κ2) is 6.01. The summed E-state index contributed by atoms with van der Waals surface area (Å²) < 4.78 is 26.1. The minimum atomic E-state index is -3.25. The Balaban J connectivity index is 1.49. The van der Waals surface area contributed by atoms with E-state index in [9.17, 15) is 8.42 Å². The zero-order valence-electron chi connectivity index (χ0n) is 14.1. The summed E-state index contributed by atoms with van der Waals surface area (Å²) in [6.07, 6.45) is 3.61. The topological polar surface area (TPSA) is 50.3 Å². The predicted octanol–water partition coefficient (Wildman–Crippen LogP) is 3.57. The van der Waals surface area contributed by atoms with Gasteiger partial charge in [-0.25, -0.2) is 8.42 Å². The van der Waals surface area contributed by atoms with Gasteiger partial charge in [0.1, 0.15) is 0 Å². The third-order valence-corrected chi connectivity index (χ3v) is 8.57. The van der Waals surface area contributed by atoms with Crippen LogP contribution in [-0.4, -0.2) is 36.6 Å². The highest BCUT2D eigenvalue weighted by Gasteiger charge is 2.50. The van der Waals surface area contributed by atoms with Crippen LogP contribution in [0.15, 0.2) is 65.1 Å². The van der Waals surface area contributed by atoms with Crippen LogP contribution in [0.5, 0.6) is 0 Å². The summed E-state index contributed by atoms with van der Waals surface area (Å²) in [6.45, 7) is 2.11. The van der Waals surface area contributed by atoms with Crippen molar-refractivity contribution in [1.29, 1.82) is 0 Å². The molecule has 1 saturated heterocycles. The first-order chi connectivity index (χ1) is 12.6. The molecule has 4 nitrogen and oxygen atoms in total. The summed E-state index contributed by atoms with van der Waals surface area (Å²) in [6, 6.07) is 13.9. The van der Waals surface area contributed by atoms with Crippen LogP contribution in [0.3, 0.4) is 0 Å². The lowest BCUT2D eigenvalue weighted by Gasteiger charge is -2.17. The minimum absolute atomic E-state index is 0.0617. The Morgan fingerprint density at radius 3 is 2.85 bits per heavy atom. The first-order valence-corrected chi connectivity index (χ1v) is 11.1. The Morgan fingerprint density at radius 2 is 2.08 bits per heavy atom. The number of aromatic nitrogens is 1. The van der Waals surface area contributed by atoms with Gasteiger partial charge >= 0.3 is 0 Å². The number of likely N-dealkylation sites (tertiary alicyclic amines) is 1. The molecular formula is C20H18N2O2S2. The van der Waals surface area contributed by atoms with E-state index in [4.69, 9.17) is 0 Å². The molecule has 132 valence electrons. The molecule has 5 rings (SSSR count). The zero-order chi connectivity index (χ0) is 17.7. The maximum absolute atomic E-state index is 13.0. The number of rotatable bonds is 3. The van der Waals surface area contributed by atoms with Crippen molar-refractivity contribution in [2.75, 3.05) is 13.1 Å². The van der Waals surface area contributed by atoms with Gasteiger partial charge in [0.2, 0.25) is 0 Å². The first-order valence-electron chi connectivity index (χ1n) is 8.66. The molecule has 0 N–H and O–H groups in total. The van der Waals surface area contributed by atoms with Gasteiger partial charge in [-0.2, -0.15) is 0 Å². The molecule has 1 fully saturated rings. The van der Waals surface area contributed by atoms with Crippen LogP contribution in [0.1, 0.15) is 17.0 Å². The molecule has 0 spiro atoms. The molecule has 26 heavy (non-hydrogen) atoms. The molecule has 0 bridgehead atoms. The molecule has 0 unspecified atom stereocenters. The van der Waals surface area contributed by atoms with Gasteiger partial charge in [0.25, 0.3) is 0 Å². The second-order valence-corrected chi connectivity index (χ2v) is 10.1. The molecule has 0 amide bonds. The zero-order valence-corrected chi connectivity index (χ0v) is 15.7. The Hall–Kier alpha value is -2.02. The van der Waals surface area contributed by atoms with Gasteiger partial charge in [-0.05, 0) is 46.3 Å². The second-order valence-electron chi connectivity index (χ2n) is 6.98. The summed E-state index contributed by atoms with van der Waals surface area (Å²) in [5.41, 5.74) is 3.23. The smallest absolute Gasteiger partial charge is 0.183 e. The minimum Gasteiger partial charge on any atom is -0.297 e. The maximum Gasteiger partial charge on any atom is 0.183 e. The average Bonchev–Trinajstić information content (AvgIpc) is 3.35. The lowest BCUT2D eigenvalue weighted by atomic mass is 9.96. The Kier molecular flexibility index (Phi) is 3.74. The number of sulfone groups is 1. The Bertz CT molecular complexity index is 1050. The fourth-order valence-electron chi connectivity index (χ4n) is 4.20. The highest BCUT2D eigenvalue weighted by atomic mass is 32.2. The highest BCUT2D eigenvalue weighted by molar-refractivity contribution is 7.92. The van der Waals surface area contributed by atoms with Crippen LogP contribution < -0.4 is 0 Å². The van der Waals surface area contributed by atoms with Gasteiger partial charge in [0, 0.05) is 42.8 Å². The van der Waals surface area contributed by atoms with E-state index < -0.39 is 9.84 Å². The highest BCUT2D eigenvalue weighted by Crippen LogP contribution is 2.46. The quantitative estimate of drug-likeness (QED) is 0.695. The summed E-state index contributed by atoms with van der Waals surface area (Å²) >= 11 is 1.68. The summed E-state index contributed by atoms with van der Waals surface area (Å²) in [5.74, 6) is 0.0617. The summed E-state index contributed by atoms with van der Waals surface area (Å²) in [5, 5.41) is 1.72. The van der Waals surface area contributed by atoms with Gasteiger partial charge in [-0.15, -0.1) is 11.3 Å². The van der Waals surface area contributed by atoms with Crippen LogP contribution in [0, 0.1) is 0 Å². The van der Waals surface area contributed by atoms with E-state index in [0.717, 1.165) is 29.8 Å². The number of hydrogen-bond acceptors (Lipinski definition) is 5. The lowest BCUT2D eigenvalue weighted by Crippen LogP contribution is -2.25. The molecule has 0 aliphatic carbocycles. The molecule has 3 aromatic rings. The molecule has 4 heterocycles. The SMILES string of the molecule is O=S1(=O)c2ccc(-c3cccs3)cc2[C@H]2CN(Cc3cccnc3)C[C@H]21. The average molecular weight is 383 g/mol. The van der Waals surface area contributed by atoms with Crippen molar-refractivity contribution in [3.63, 3.8) is 0 Å². The Morgan fingerprint density at radius 1 is 1.15 bits per heavy atom. The van der Waals surface area contributed by atoms with Gasteiger partial charge < -0.3 is 0 Å². The molecule has 0 radical (unpaired) electrons. The van der Waals surface area contributed by atoms with Gasteiger partial charge in [-0.3, -0.25) is 9.88 Å². The molecular weight excluding hydrogens is 364 g/mol. The number of thiophene rings is 1. The van der Waals surface area contributed by atoms with Gasteiger partial charge in [-0.1, -0.05) is 18.2 Å². The van der Waals surface area contributed by atoms with E-state index in [1.807, 2.05) is 41.9 Å². The lowest BCUT2D eigenvalue weighted by molar-refractivity contribution is 0.325. The van der Waals surface area contributed by atoms with Crippen molar-refractivity contribution in [2.24, 2.45) is 0 Å². The van der Waals surface area contributed by atoms with E-state index in [-0.39, 0.29) is 11.2 Å². The fraction of sp³-hybridized carbons (Fsp3) is 0.250. The van der Waals surface area contributed by atoms with Gasteiger partial charge in [0.15, 0.2) is 9.84 Å². The standard InChI is InChI=1S/C20H18N2O2S2/c23-26(24)19-6-5-15(18-4-2-8-25-18)9-16(19)17-12-22(13-20(17)26)11-14-3-1-7-21-10-14/h1-10,17,20H,11-13H2/t17-,20-/m1/s1. The number of hydrogen-bond donors (Lipinski definition) is 0. The van der Waals surface area contributed by atoms with E-state index in [2.05, 4.69) is 22.0 Å². The van der Waals surface area contributed by atoms with Crippen molar-refractivity contribution in [2.45, 2.75) is 22.6 Å². The van der Waals surface area contributed by atoms with Crippen LogP contribution in [0.4, 0.5) is 0 Å². The molecule has 2 aliphatic heterocycles. The monoisotopic (exact) mass is 382 g/mol. The van der Waals surface area contributed by atoms with Crippen molar-refractivity contribution in [3.05, 3.63) is 71.4 Å². The molecule has 2 aromatic heterocycles. The number of benzene rings is 1. The number of pyridine rings is 1. The summed E-state index contributed by atoms with van der Waals surface area (Å²) in [7, 11) is -3.25. The van der Waals surface area contributed by atoms with E-state index in [1.165, 1.54) is 4.88 Å². The van der Waals surface area contributed by atoms with Crippen LogP contribution in [-0.2, 0) is 16.4 Å². The van der Waals surface area contributed by atoms with Crippen molar-refractivity contribution >= 4 is 21.2 Å². The van der Waals surface area contributed by atoms with E-state index in [0.29, 0.717) is 11.4 Å². The first kappa shape index (κ1) is 16.2.